The Bertz CT molecular complexity index is 462. The predicted molar refractivity (Wildman–Crippen MR) is 80.6 cm³/mol. The summed E-state index contributed by atoms with van der Waals surface area (Å²) in [5.74, 6) is 0.266. The molecule has 0 saturated heterocycles. The van der Waals surface area contributed by atoms with E-state index in [1.807, 2.05) is 31.2 Å². The third kappa shape index (κ3) is 4.08. The number of anilines is 2. The molecule has 4 nitrogen and oxygen atoms in total. The summed E-state index contributed by atoms with van der Waals surface area (Å²) in [6.45, 7) is 1.81. The number of hydrogen-bond donors (Lipinski definition) is 2. The minimum atomic E-state index is -0.0102. The van der Waals surface area contributed by atoms with Crippen LogP contribution in [0.1, 0.15) is 45.4 Å². The van der Waals surface area contributed by atoms with Gasteiger partial charge in [-0.05, 0) is 37.1 Å². The lowest BCUT2D eigenvalue weighted by molar-refractivity contribution is -0.120. The van der Waals surface area contributed by atoms with Crippen LogP contribution in [-0.4, -0.2) is 11.8 Å². The van der Waals surface area contributed by atoms with E-state index in [0.29, 0.717) is 6.42 Å². The zero-order valence-electron chi connectivity index (χ0n) is 11.9. The van der Waals surface area contributed by atoms with Crippen LogP contribution < -0.4 is 10.6 Å². The molecule has 1 aromatic carbocycles. The molecule has 0 radical (unpaired) electrons. The Kier molecular flexibility index (Phi) is 5.16. The number of rotatable bonds is 4. The van der Waals surface area contributed by atoms with Crippen molar-refractivity contribution in [2.75, 3.05) is 10.6 Å². The number of carbonyl (C=O) groups excluding carboxylic acids is 2. The van der Waals surface area contributed by atoms with Crippen molar-refractivity contribution in [1.82, 2.24) is 0 Å². The van der Waals surface area contributed by atoms with Gasteiger partial charge in [0.05, 0.1) is 0 Å². The van der Waals surface area contributed by atoms with Crippen molar-refractivity contribution in [1.29, 1.82) is 0 Å². The van der Waals surface area contributed by atoms with Gasteiger partial charge in [0.15, 0.2) is 0 Å². The van der Waals surface area contributed by atoms with Gasteiger partial charge in [-0.15, -0.1) is 0 Å². The van der Waals surface area contributed by atoms with E-state index in [1.165, 1.54) is 6.42 Å². The number of amides is 2. The number of carbonyl (C=O) groups is 2. The summed E-state index contributed by atoms with van der Waals surface area (Å²) in [6.07, 6.45) is 6.00. The molecule has 108 valence electrons. The van der Waals surface area contributed by atoms with Crippen LogP contribution in [0, 0.1) is 5.92 Å². The Morgan fingerprint density at radius 3 is 2.10 bits per heavy atom. The minimum Gasteiger partial charge on any atom is -0.326 e. The SMILES string of the molecule is CCC(=O)Nc1ccc(NC(=O)C2CCCCC2)cc1. The van der Waals surface area contributed by atoms with Crippen molar-refractivity contribution in [2.45, 2.75) is 45.4 Å². The van der Waals surface area contributed by atoms with Crippen molar-refractivity contribution in [2.24, 2.45) is 5.92 Å². The highest BCUT2D eigenvalue weighted by Gasteiger charge is 2.20. The van der Waals surface area contributed by atoms with Gasteiger partial charge in [-0.25, -0.2) is 0 Å². The van der Waals surface area contributed by atoms with E-state index in [-0.39, 0.29) is 17.7 Å². The summed E-state index contributed by atoms with van der Waals surface area (Å²) in [4.78, 5) is 23.4. The molecule has 1 aromatic rings. The Labute approximate surface area is 119 Å². The Morgan fingerprint density at radius 1 is 1.00 bits per heavy atom. The lowest BCUT2D eigenvalue weighted by Crippen LogP contribution is -2.24. The molecule has 0 heterocycles. The van der Waals surface area contributed by atoms with Crippen molar-refractivity contribution in [3.63, 3.8) is 0 Å². The average molecular weight is 274 g/mol. The highest BCUT2D eigenvalue weighted by atomic mass is 16.2. The van der Waals surface area contributed by atoms with Crippen molar-refractivity contribution in [3.8, 4) is 0 Å². The maximum Gasteiger partial charge on any atom is 0.227 e. The fourth-order valence-corrected chi connectivity index (χ4v) is 2.50. The Hall–Kier alpha value is -1.84. The van der Waals surface area contributed by atoms with Crippen LogP contribution in [0.15, 0.2) is 24.3 Å². The van der Waals surface area contributed by atoms with Crippen LogP contribution in [0.2, 0.25) is 0 Å². The summed E-state index contributed by atoms with van der Waals surface area (Å²) in [5.41, 5.74) is 1.54. The molecule has 1 saturated carbocycles. The summed E-state index contributed by atoms with van der Waals surface area (Å²) in [5, 5.41) is 5.74. The second-order valence-electron chi connectivity index (χ2n) is 5.30. The van der Waals surface area contributed by atoms with E-state index in [2.05, 4.69) is 10.6 Å². The van der Waals surface area contributed by atoms with Gasteiger partial charge in [0.2, 0.25) is 11.8 Å². The topological polar surface area (TPSA) is 58.2 Å². The zero-order chi connectivity index (χ0) is 14.4. The number of hydrogen-bond acceptors (Lipinski definition) is 2. The highest BCUT2D eigenvalue weighted by molar-refractivity contribution is 5.93. The van der Waals surface area contributed by atoms with Crippen LogP contribution in [0.5, 0.6) is 0 Å². The van der Waals surface area contributed by atoms with Crippen molar-refractivity contribution in [3.05, 3.63) is 24.3 Å². The minimum absolute atomic E-state index is 0.0102. The van der Waals surface area contributed by atoms with Gasteiger partial charge in [-0.2, -0.15) is 0 Å². The van der Waals surface area contributed by atoms with Gasteiger partial charge >= 0.3 is 0 Å². The molecule has 1 aliphatic rings. The standard InChI is InChI=1S/C16H22N2O2/c1-2-15(19)17-13-8-10-14(11-9-13)18-16(20)12-6-4-3-5-7-12/h8-12H,2-7H2,1H3,(H,17,19)(H,18,20). The third-order valence-corrected chi connectivity index (χ3v) is 3.73. The number of benzene rings is 1. The first-order valence-corrected chi connectivity index (χ1v) is 7.40. The van der Waals surface area contributed by atoms with Crippen LogP contribution in [0.3, 0.4) is 0 Å². The van der Waals surface area contributed by atoms with Crippen LogP contribution in [-0.2, 0) is 9.59 Å². The Balaban J connectivity index is 1.89. The summed E-state index contributed by atoms with van der Waals surface area (Å²) in [6, 6.07) is 7.27. The van der Waals surface area contributed by atoms with Gasteiger partial charge in [0, 0.05) is 23.7 Å². The maximum atomic E-state index is 12.1. The molecule has 4 heteroatoms. The summed E-state index contributed by atoms with van der Waals surface area (Å²) < 4.78 is 0. The molecule has 1 fully saturated rings. The average Bonchev–Trinajstić information content (AvgIpc) is 2.50. The number of nitrogens with one attached hydrogen (secondary N) is 2. The van der Waals surface area contributed by atoms with E-state index >= 15 is 0 Å². The lowest BCUT2D eigenvalue weighted by atomic mass is 9.88. The first kappa shape index (κ1) is 14.6. The predicted octanol–water partition coefficient (Wildman–Crippen LogP) is 3.55. The van der Waals surface area contributed by atoms with Gasteiger partial charge in [-0.1, -0.05) is 26.2 Å². The van der Waals surface area contributed by atoms with E-state index < -0.39 is 0 Å². The monoisotopic (exact) mass is 274 g/mol. The molecule has 0 bridgehead atoms. The van der Waals surface area contributed by atoms with Gasteiger partial charge in [0.1, 0.15) is 0 Å². The second-order valence-corrected chi connectivity index (χ2v) is 5.30. The first-order valence-electron chi connectivity index (χ1n) is 7.40. The molecular weight excluding hydrogens is 252 g/mol. The van der Waals surface area contributed by atoms with Gasteiger partial charge in [-0.3, -0.25) is 9.59 Å². The zero-order valence-corrected chi connectivity index (χ0v) is 11.9. The van der Waals surface area contributed by atoms with Crippen LogP contribution in [0.25, 0.3) is 0 Å². The van der Waals surface area contributed by atoms with Crippen molar-refractivity contribution < 1.29 is 9.59 Å². The molecule has 2 rings (SSSR count). The largest absolute Gasteiger partial charge is 0.326 e. The van der Waals surface area contributed by atoms with E-state index in [1.54, 1.807) is 0 Å². The van der Waals surface area contributed by atoms with Crippen LogP contribution >= 0.6 is 0 Å². The maximum absolute atomic E-state index is 12.1. The van der Waals surface area contributed by atoms with Crippen LogP contribution in [0.4, 0.5) is 11.4 Å². The fraction of sp³-hybridized carbons (Fsp3) is 0.500. The molecule has 0 aromatic heterocycles. The fourth-order valence-electron chi connectivity index (χ4n) is 2.50. The molecule has 0 unspecified atom stereocenters. The highest BCUT2D eigenvalue weighted by Crippen LogP contribution is 2.25. The lowest BCUT2D eigenvalue weighted by Gasteiger charge is -2.20. The van der Waals surface area contributed by atoms with E-state index in [0.717, 1.165) is 37.1 Å². The molecule has 2 N–H and O–H groups in total. The smallest absolute Gasteiger partial charge is 0.227 e. The van der Waals surface area contributed by atoms with Gasteiger partial charge < -0.3 is 10.6 Å². The quantitative estimate of drug-likeness (QED) is 0.882. The molecule has 0 aliphatic heterocycles. The van der Waals surface area contributed by atoms with E-state index in [9.17, 15) is 9.59 Å². The second kappa shape index (κ2) is 7.08. The van der Waals surface area contributed by atoms with Gasteiger partial charge in [0.25, 0.3) is 0 Å². The summed E-state index contributed by atoms with van der Waals surface area (Å²) >= 11 is 0. The first-order chi connectivity index (χ1) is 9.69. The Morgan fingerprint density at radius 2 is 1.55 bits per heavy atom. The normalized spacial score (nSPS) is 15.7. The third-order valence-electron chi connectivity index (χ3n) is 3.73. The molecule has 20 heavy (non-hydrogen) atoms. The molecular formula is C16H22N2O2. The molecule has 2 amide bonds. The molecule has 0 spiro atoms. The van der Waals surface area contributed by atoms with Crippen molar-refractivity contribution >= 4 is 23.2 Å². The summed E-state index contributed by atoms with van der Waals surface area (Å²) in [7, 11) is 0. The van der Waals surface area contributed by atoms with E-state index in [4.69, 9.17) is 0 Å². The molecule has 1 aliphatic carbocycles. The molecule has 0 atom stereocenters.